The lowest BCUT2D eigenvalue weighted by atomic mass is 9.85. The number of amidine groups is 1. The maximum Gasteiger partial charge on any atom is 0.278 e. The van der Waals surface area contributed by atoms with E-state index in [1.165, 1.54) is 4.90 Å². The Morgan fingerprint density at radius 1 is 0.979 bits per heavy atom. The van der Waals surface area contributed by atoms with E-state index >= 15 is 0 Å². The van der Waals surface area contributed by atoms with Crippen molar-refractivity contribution >= 4 is 46.9 Å². The van der Waals surface area contributed by atoms with E-state index in [0.29, 0.717) is 76.9 Å². The Kier molecular flexibility index (Phi) is 17.8. The maximum absolute atomic E-state index is 13.1. The number of carbonyl (C=O) groups is 3. The van der Waals surface area contributed by atoms with Gasteiger partial charge in [-0.1, -0.05) is 25.0 Å². The Morgan fingerprint density at radius 3 is 2.30 bits per heavy atom. The van der Waals surface area contributed by atoms with Crippen molar-refractivity contribution in [3.63, 3.8) is 0 Å². The molecule has 0 saturated heterocycles. The predicted octanol–water partition coefficient (Wildman–Crippen LogP) is 2.70. The van der Waals surface area contributed by atoms with Crippen molar-refractivity contribution in [1.82, 2.24) is 15.5 Å². The number of carbonyl (C=O) groups excluding carboxylic acids is 3. The lowest BCUT2D eigenvalue weighted by molar-refractivity contribution is -0.130. The van der Waals surface area contributed by atoms with Gasteiger partial charge in [0.1, 0.15) is 18.1 Å². The molecule has 3 amide bonds. The molecule has 0 radical (unpaired) electrons. The SMILES string of the molecule is CC1=N/C(=C/c2ccc(N(CCO)CCO)cc2)C(=O)N1CC(=O)NC1CCC(C(=O)NCCOCCOCCCCCCCl)CC1. The van der Waals surface area contributed by atoms with Crippen molar-refractivity contribution in [2.75, 3.05) is 76.6 Å². The minimum atomic E-state index is -0.338. The molecule has 1 aromatic rings. The molecule has 13 heteroatoms. The van der Waals surface area contributed by atoms with Gasteiger partial charge in [-0.25, -0.2) is 4.99 Å². The van der Waals surface area contributed by atoms with Crippen LogP contribution in [0.5, 0.6) is 0 Å². The minimum Gasteiger partial charge on any atom is -0.395 e. The van der Waals surface area contributed by atoms with E-state index in [1.807, 2.05) is 29.2 Å². The van der Waals surface area contributed by atoms with Crippen LogP contribution in [-0.2, 0) is 23.9 Å². The number of unbranched alkanes of at least 4 members (excludes halogenated alkanes) is 3. The summed E-state index contributed by atoms with van der Waals surface area (Å²) in [7, 11) is 0. The van der Waals surface area contributed by atoms with Crippen LogP contribution in [-0.4, -0.2) is 116 Å². The van der Waals surface area contributed by atoms with Crippen LogP contribution in [0.15, 0.2) is 35.0 Å². The number of aliphatic imine (C=N–C) groups is 1. The maximum atomic E-state index is 13.1. The summed E-state index contributed by atoms with van der Waals surface area (Å²) >= 11 is 5.67. The summed E-state index contributed by atoms with van der Waals surface area (Å²) in [6, 6.07) is 7.35. The first-order chi connectivity index (χ1) is 22.9. The van der Waals surface area contributed by atoms with Crippen molar-refractivity contribution in [2.24, 2.45) is 10.9 Å². The van der Waals surface area contributed by atoms with E-state index in [4.69, 9.17) is 21.1 Å². The second-order valence-electron chi connectivity index (χ2n) is 11.8. The smallest absolute Gasteiger partial charge is 0.278 e. The molecule has 47 heavy (non-hydrogen) atoms. The third-order valence-electron chi connectivity index (χ3n) is 8.29. The van der Waals surface area contributed by atoms with Gasteiger partial charge in [-0.3, -0.25) is 19.3 Å². The molecule has 0 bridgehead atoms. The third-order valence-corrected chi connectivity index (χ3v) is 8.56. The molecule has 12 nitrogen and oxygen atoms in total. The van der Waals surface area contributed by atoms with Crippen LogP contribution in [0.2, 0.25) is 0 Å². The average Bonchev–Trinajstić information content (AvgIpc) is 3.32. The minimum absolute atomic E-state index is 0.0164. The van der Waals surface area contributed by atoms with Gasteiger partial charge >= 0.3 is 0 Å². The summed E-state index contributed by atoms with van der Waals surface area (Å²) in [6.45, 7) is 4.99. The Labute approximate surface area is 283 Å². The fourth-order valence-corrected chi connectivity index (χ4v) is 5.87. The van der Waals surface area contributed by atoms with E-state index in [2.05, 4.69) is 15.6 Å². The standard InChI is InChI=1S/C34H52ClN5O7/c1-26-37-31(24-27-6-12-30(13-7-27)39(16-18-41)17-19-42)34(45)40(26)25-32(43)38-29-10-8-28(9-11-29)33(44)36-15-21-47-23-22-46-20-5-3-2-4-14-35/h6-7,12-13,24,28-29,41-42H,2-5,8-11,14-23,25H2,1H3,(H,36,44)(H,38,43)/b31-24+. The number of halogens is 1. The Bertz CT molecular complexity index is 1170. The van der Waals surface area contributed by atoms with E-state index in [0.717, 1.165) is 43.5 Å². The van der Waals surface area contributed by atoms with Gasteiger partial charge in [0.15, 0.2) is 0 Å². The zero-order chi connectivity index (χ0) is 33.9. The largest absolute Gasteiger partial charge is 0.395 e. The number of hydrogen-bond acceptors (Lipinski definition) is 9. The van der Waals surface area contributed by atoms with E-state index < -0.39 is 0 Å². The van der Waals surface area contributed by atoms with Crippen molar-refractivity contribution < 1.29 is 34.1 Å². The third kappa shape index (κ3) is 13.5. The summed E-state index contributed by atoms with van der Waals surface area (Å²) in [5, 5.41) is 24.5. The Morgan fingerprint density at radius 2 is 1.64 bits per heavy atom. The van der Waals surface area contributed by atoms with Crippen LogP contribution < -0.4 is 15.5 Å². The Hall–Kier alpha value is -3.03. The van der Waals surface area contributed by atoms with Crippen LogP contribution in [0.25, 0.3) is 6.08 Å². The number of hydrogen-bond donors (Lipinski definition) is 4. The molecule has 0 atom stereocenters. The van der Waals surface area contributed by atoms with Gasteiger partial charge in [0.05, 0.1) is 33.0 Å². The molecule has 1 heterocycles. The number of aliphatic hydroxyl groups is 2. The van der Waals surface area contributed by atoms with Gasteiger partial charge in [-0.2, -0.15) is 0 Å². The molecular formula is C34H52ClN5O7. The summed E-state index contributed by atoms with van der Waals surface area (Å²) in [5.74, 6) is 0.499. The van der Waals surface area contributed by atoms with Crippen molar-refractivity contribution in [1.29, 1.82) is 0 Å². The van der Waals surface area contributed by atoms with Crippen LogP contribution >= 0.6 is 11.6 Å². The first-order valence-electron chi connectivity index (χ1n) is 16.8. The number of ether oxygens (including phenoxy) is 2. The summed E-state index contributed by atoms with van der Waals surface area (Å²) in [5.41, 5.74) is 1.87. The highest BCUT2D eigenvalue weighted by molar-refractivity contribution is 6.17. The van der Waals surface area contributed by atoms with Crippen molar-refractivity contribution in [2.45, 2.75) is 64.3 Å². The van der Waals surface area contributed by atoms with Crippen LogP contribution in [0.4, 0.5) is 5.69 Å². The summed E-state index contributed by atoms with van der Waals surface area (Å²) < 4.78 is 11.1. The number of rotatable bonds is 22. The second-order valence-corrected chi connectivity index (χ2v) is 12.2. The zero-order valence-corrected chi connectivity index (χ0v) is 28.4. The normalized spacial score (nSPS) is 18.8. The van der Waals surface area contributed by atoms with Crippen LogP contribution in [0.3, 0.4) is 0 Å². The van der Waals surface area contributed by atoms with E-state index in [9.17, 15) is 24.6 Å². The number of benzene rings is 1. The number of amides is 3. The van der Waals surface area contributed by atoms with Gasteiger partial charge in [0, 0.05) is 49.8 Å². The number of nitrogens with one attached hydrogen (secondary N) is 2. The second kappa shape index (κ2) is 21.8. The number of nitrogens with zero attached hydrogens (tertiary/aromatic N) is 3. The van der Waals surface area contributed by atoms with Crippen molar-refractivity contribution in [3.05, 3.63) is 35.5 Å². The molecular weight excluding hydrogens is 626 g/mol. The molecule has 1 saturated carbocycles. The lowest BCUT2D eigenvalue weighted by Crippen LogP contribution is -2.46. The first kappa shape index (κ1) is 38.4. The van der Waals surface area contributed by atoms with Crippen LogP contribution in [0.1, 0.15) is 63.9 Å². The number of aliphatic hydroxyl groups excluding tert-OH is 2. The van der Waals surface area contributed by atoms with E-state index in [-0.39, 0.29) is 55.1 Å². The molecule has 1 aliphatic heterocycles. The van der Waals surface area contributed by atoms with Gasteiger partial charge < -0.3 is 35.2 Å². The number of alkyl halides is 1. The topological polar surface area (TPSA) is 153 Å². The monoisotopic (exact) mass is 677 g/mol. The fraction of sp³-hybridized carbons (Fsp3) is 0.647. The summed E-state index contributed by atoms with van der Waals surface area (Å²) in [6.07, 6.45) is 8.77. The molecule has 0 unspecified atom stereocenters. The zero-order valence-electron chi connectivity index (χ0n) is 27.6. The summed E-state index contributed by atoms with van der Waals surface area (Å²) in [4.78, 5) is 46.2. The molecule has 0 spiro atoms. The average molecular weight is 678 g/mol. The predicted molar refractivity (Wildman–Crippen MR) is 183 cm³/mol. The van der Waals surface area contributed by atoms with Crippen molar-refractivity contribution in [3.8, 4) is 0 Å². The molecule has 262 valence electrons. The molecule has 1 fully saturated rings. The van der Waals surface area contributed by atoms with Gasteiger partial charge in [0.25, 0.3) is 5.91 Å². The van der Waals surface area contributed by atoms with E-state index in [1.54, 1.807) is 13.0 Å². The first-order valence-corrected chi connectivity index (χ1v) is 17.3. The van der Waals surface area contributed by atoms with Gasteiger partial charge in [0.2, 0.25) is 11.8 Å². The fourth-order valence-electron chi connectivity index (χ4n) is 5.68. The molecule has 1 aromatic carbocycles. The quantitative estimate of drug-likeness (QED) is 0.0831. The van der Waals surface area contributed by atoms with Crippen LogP contribution in [0, 0.1) is 5.92 Å². The highest BCUT2D eigenvalue weighted by Crippen LogP contribution is 2.25. The number of anilines is 1. The molecule has 3 rings (SSSR count). The lowest BCUT2D eigenvalue weighted by Gasteiger charge is -2.29. The molecule has 4 N–H and O–H groups in total. The van der Waals surface area contributed by atoms with Gasteiger partial charge in [-0.15, -0.1) is 11.6 Å². The molecule has 0 aromatic heterocycles. The molecule has 2 aliphatic rings. The highest BCUT2D eigenvalue weighted by atomic mass is 35.5. The van der Waals surface area contributed by atoms with Gasteiger partial charge in [-0.05, 0) is 69.2 Å². The highest BCUT2D eigenvalue weighted by Gasteiger charge is 2.31. The Balaban J connectivity index is 1.31. The molecule has 1 aliphatic carbocycles.